The molecular formula is C14H13N. The lowest BCUT2D eigenvalue weighted by atomic mass is 10.2. The summed E-state index contributed by atoms with van der Waals surface area (Å²) in [6, 6.07) is 14.3. The molecule has 0 fully saturated rings. The highest BCUT2D eigenvalue weighted by Crippen LogP contribution is 2.02. The summed E-state index contributed by atoms with van der Waals surface area (Å²) < 4.78 is 0. The van der Waals surface area contributed by atoms with Gasteiger partial charge in [0.15, 0.2) is 0 Å². The molecule has 0 spiro atoms. The maximum absolute atomic E-state index is 3.12. The van der Waals surface area contributed by atoms with Crippen molar-refractivity contribution in [3.8, 4) is 0 Å². The summed E-state index contributed by atoms with van der Waals surface area (Å²) in [6.07, 6.45) is 10.1. The van der Waals surface area contributed by atoms with Crippen molar-refractivity contribution in [1.29, 1.82) is 0 Å². The Balaban J connectivity index is 1.96. The van der Waals surface area contributed by atoms with Gasteiger partial charge in [0, 0.05) is 11.9 Å². The van der Waals surface area contributed by atoms with Crippen molar-refractivity contribution in [2.75, 3.05) is 0 Å². The van der Waals surface area contributed by atoms with Crippen molar-refractivity contribution in [3.05, 3.63) is 72.1 Å². The summed E-state index contributed by atoms with van der Waals surface area (Å²) >= 11 is 0. The van der Waals surface area contributed by atoms with Gasteiger partial charge in [-0.05, 0) is 23.8 Å². The lowest BCUT2D eigenvalue weighted by molar-refractivity contribution is 1.38. The molecule has 0 amide bonds. The molecule has 1 heterocycles. The third kappa shape index (κ3) is 2.99. The molecule has 0 aliphatic carbocycles. The molecule has 0 saturated carbocycles. The van der Waals surface area contributed by atoms with Crippen LogP contribution in [0.3, 0.4) is 0 Å². The molecule has 1 N–H and O–H groups in total. The molecule has 2 rings (SSSR count). The zero-order chi connectivity index (χ0) is 10.3. The molecule has 0 atom stereocenters. The van der Waals surface area contributed by atoms with E-state index in [1.54, 1.807) is 0 Å². The molecule has 1 heteroatoms. The first-order valence-electron chi connectivity index (χ1n) is 4.98. The minimum absolute atomic E-state index is 1.12. The van der Waals surface area contributed by atoms with Crippen molar-refractivity contribution < 1.29 is 0 Å². The van der Waals surface area contributed by atoms with E-state index in [9.17, 15) is 0 Å². The molecule has 2 aromatic rings. The second-order valence-electron chi connectivity index (χ2n) is 3.25. The first-order chi connectivity index (χ1) is 7.45. The number of hydrogen-bond donors (Lipinski definition) is 1. The highest BCUT2D eigenvalue weighted by atomic mass is 14.7. The van der Waals surface area contributed by atoms with Crippen LogP contribution < -0.4 is 0 Å². The summed E-state index contributed by atoms with van der Waals surface area (Å²) in [4.78, 5) is 3.12. The zero-order valence-corrected chi connectivity index (χ0v) is 8.43. The van der Waals surface area contributed by atoms with Gasteiger partial charge >= 0.3 is 0 Å². The Labute approximate surface area is 89.8 Å². The smallest absolute Gasteiger partial charge is 0.0380 e. The van der Waals surface area contributed by atoms with Crippen molar-refractivity contribution >= 4 is 12.2 Å². The van der Waals surface area contributed by atoms with Crippen molar-refractivity contribution in [2.45, 2.75) is 0 Å². The molecule has 15 heavy (non-hydrogen) atoms. The largest absolute Gasteiger partial charge is 0.362 e. The fourth-order valence-electron chi connectivity index (χ4n) is 1.34. The molecule has 1 nitrogen and oxygen atoms in total. The van der Waals surface area contributed by atoms with E-state index < -0.39 is 0 Å². The van der Waals surface area contributed by atoms with Gasteiger partial charge in [-0.25, -0.2) is 0 Å². The van der Waals surface area contributed by atoms with Gasteiger partial charge in [-0.2, -0.15) is 0 Å². The Kier molecular flexibility index (Phi) is 3.18. The number of aromatic nitrogens is 1. The number of H-pyrrole nitrogens is 1. The summed E-state index contributed by atoms with van der Waals surface area (Å²) in [6.45, 7) is 0. The number of benzene rings is 1. The van der Waals surface area contributed by atoms with E-state index in [1.165, 1.54) is 5.56 Å². The third-order valence-corrected chi connectivity index (χ3v) is 2.10. The van der Waals surface area contributed by atoms with E-state index in [2.05, 4.69) is 23.2 Å². The summed E-state index contributed by atoms with van der Waals surface area (Å²) in [5.41, 5.74) is 2.33. The first-order valence-corrected chi connectivity index (χ1v) is 4.98. The molecule has 0 aliphatic heterocycles. The third-order valence-electron chi connectivity index (χ3n) is 2.10. The Morgan fingerprint density at radius 3 is 2.33 bits per heavy atom. The van der Waals surface area contributed by atoms with Gasteiger partial charge in [0.05, 0.1) is 0 Å². The monoisotopic (exact) mass is 195 g/mol. The van der Waals surface area contributed by atoms with Crippen LogP contribution in [-0.4, -0.2) is 4.98 Å². The van der Waals surface area contributed by atoms with Crippen LogP contribution in [0, 0.1) is 0 Å². The number of allylic oxidation sites excluding steroid dienone is 2. The standard InChI is InChI=1S/C14H13N/c1-2-7-13(8-3-1)9-4-5-10-14-11-6-12-15-14/h1-12,15H/b9-4+,10-5+. The predicted molar refractivity (Wildman–Crippen MR) is 65.3 cm³/mol. The Morgan fingerprint density at radius 1 is 0.800 bits per heavy atom. The molecule has 0 unspecified atom stereocenters. The lowest BCUT2D eigenvalue weighted by Gasteiger charge is -1.88. The molecule has 0 saturated heterocycles. The van der Waals surface area contributed by atoms with E-state index in [0.29, 0.717) is 0 Å². The maximum atomic E-state index is 3.12. The minimum atomic E-state index is 1.12. The van der Waals surface area contributed by atoms with E-state index in [-0.39, 0.29) is 0 Å². The van der Waals surface area contributed by atoms with Crippen LogP contribution in [0.1, 0.15) is 11.3 Å². The van der Waals surface area contributed by atoms with E-state index >= 15 is 0 Å². The average Bonchev–Trinajstić information content (AvgIpc) is 2.79. The Hall–Kier alpha value is -2.02. The van der Waals surface area contributed by atoms with Crippen LogP contribution >= 0.6 is 0 Å². The Morgan fingerprint density at radius 2 is 1.60 bits per heavy atom. The van der Waals surface area contributed by atoms with Crippen LogP contribution in [-0.2, 0) is 0 Å². The van der Waals surface area contributed by atoms with Crippen LogP contribution in [0.15, 0.2) is 60.8 Å². The Bertz CT molecular complexity index is 435. The molecule has 0 bridgehead atoms. The molecule has 0 aliphatic rings. The van der Waals surface area contributed by atoms with E-state index in [1.807, 2.05) is 54.8 Å². The SMILES string of the molecule is C(/C=C/c1ccc[nH]1)=C\c1ccccc1. The molecular weight excluding hydrogens is 182 g/mol. The second-order valence-corrected chi connectivity index (χ2v) is 3.25. The van der Waals surface area contributed by atoms with Crippen LogP contribution in [0.25, 0.3) is 12.2 Å². The molecule has 1 aromatic carbocycles. The number of nitrogens with one attached hydrogen (secondary N) is 1. The normalized spacial score (nSPS) is 11.5. The van der Waals surface area contributed by atoms with Crippen molar-refractivity contribution in [2.24, 2.45) is 0 Å². The lowest BCUT2D eigenvalue weighted by Crippen LogP contribution is -1.67. The number of aromatic amines is 1. The van der Waals surface area contributed by atoms with Gasteiger partial charge in [-0.15, -0.1) is 0 Å². The van der Waals surface area contributed by atoms with Crippen molar-refractivity contribution in [3.63, 3.8) is 0 Å². The summed E-state index contributed by atoms with van der Waals surface area (Å²) in [7, 11) is 0. The zero-order valence-electron chi connectivity index (χ0n) is 8.43. The van der Waals surface area contributed by atoms with Crippen LogP contribution in [0.2, 0.25) is 0 Å². The summed E-state index contributed by atoms with van der Waals surface area (Å²) in [5.74, 6) is 0. The molecule has 1 aromatic heterocycles. The highest BCUT2D eigenvalue weighted by Gasteiger charge is 1.82. The minimum Gasteiger partial charge on any atom is -0.362 e. The van der Waals surface area contributed by atoms with Gasteiger partial charge in [0.1, 0.15) is 0 Å². The van der Waals surface area contributed by atoms with E-state index in [4.69, 9.17) is 0 Å². The predicted octanol–water partition coefficient (Wildman–Crippen LogP) is 3.74. The van der Waals surface area contributed by atoms with Gasteiger partial charge in [0.2, 0.25) is 0 Å². The topological polar surface area (TPSA) is 15.8 Å². The molecule has 74 valence electrons. The number of rotatable bonds is 3. The number of hydrogen-bond acceptors (Lipinski definition) is 0. The van der Waals surface area contributed by atoms with Gasteiger partial charge in [0.25, 0.3) is 0 Å². The van der Waals surface area contributed by atoms with Crippen LogP contribution in [0.4, 0.5) is 0 Å². The summed E-state index contributed by atoms with van der Waals surface area (Å²) in [5, 5.41) is 0. The molecule has 0 radical (unpaired) electrons. The highest BCUT2D eigenvalue weighted by molar-refractivity contribution is 5.55. The fraction of sp³-hybridized carbons (Fsp3) is 0. The first kappa shape index (κ1) is 9.53. The van der Waals surface area contributed by atoms with Gasteiger partial charge in [-0.3, -0.25) is 0 Å². The van der Waals surface area contributed by atoms with Crippen molar-refractivity contribution in [1.82, 2.24) is 4.98 Å². The quantitative estimate of drug-likeness (QED) is 0.718. The maximum Gasteiger partial charge on any atom is 0.0380 e. The van der Waals surface area contributed by atoms with E-state index in [0.717, 1.165) is 5.69 Å². The second kappa shape index (κ2) is 5.01. The fourth-order valence-corrected chi connectivity index (χ4v) is 1.34. The van der Waals surface area contributed by atoms with Gasteiger partial charge in [-0.1, -0.05) is 48.6 Å². The average molecular weight is 195 g/mol. The van der Waals surface area contributed by atoms with Crippen LogP contribution in [0.5, 0.6) is 0 Å². The van der Waals surface area contributed by atoms with Gasteiger partial charge < -0.3 is 4.98 Å².